The maximum Gasteiger partial charge on any atom is 0.416 e. The van der Waals surface area contributed by atoms with E-state index in [-0.39, 0.29) is 11.6 Å². The van der Waals surface area contributed by atoms with Crippen LogP contribution in [-0.2, 0) is 10.9 Å². The first kappa shape index (κ1) is 28.9. The number of anilines is 5. The molecule has 0 spiro atoms. The largest absolute Gasteiger partial charge is 0.416 e. The van der Waals surface area contributed by atoms with Crippen LogP contribution in [0.1, 0.15) is 18.4 Å². The van der Waals surface area contributed by atoms with Gasteiger partial charge in [0.25, 0.3) is 0 Å². The molecule has 2 fully saturated rings. The van der Waals surface area contributed by atoms with Crippen molar-refractivity contribution in [1.29, 1.82) is 0 Å². The molecule has 2 saturated heterocycles. The minimum atomic E-state index is -4.47. The van der Waals surface area contributed by atoms with Crippen LogP contribution in [0.5, 0.6) is 0 Å². The van der Waals surface area contributed by atoms with Crippen molar-refractivity contribution in [3.8, 4) is 11.4 Å². The lowest BCUT2D eigenvalue weighted by Gasteiger charge is -2.36. The number of fused-ring (bicyclic) bond motifs is 1. The van der Waals surface area contributed by atoms with Gasteiger partial charge in [0, 0.05) is 37.9 Å². The summed E-state index contributed by atoms with van der Waals surface area (Å²) in [5, 5.41) is 3.54. The van der Waals surface area contributed by atoms with E-state index in [1.807, 2.05) is 23.2 Å². The molecule has 1 aromatic carbocycles. The molecule has 3 aromatic heterocycles. The zero-order chi connectivity index (χ0) is 30.1. The van der Waals surface area contributed by atoms with Gasteiger partial charge in [-0.05, 0) is 57.3 Å². The standard InChI is InChI=1S/C30H34F3N9O/c1-40(2)21-8-10-41(11-9-21)22-6-7-23(35-17-22)27-26(34)25-24(18-36-27)38-29(39-28(25)42-12-14-43-15-13-42)37-20-5-3-4-19(16-20)30(31,32)33/h3-7,16-18,21H,8-15,34H2,1-2H3,(H,37,38,39). The fourth-order valence-corrected chi connectivity index (χ4v) is 5.65. The topological polar surface area (TPSA) is 109 Å². The molecular weight excluding hydrogens is 559 g/mol. The van der Waals surface area contributed by atoms with Crippen LogP contribution in [0, 0.1) is 0 Å². The second-order valence-corrected chi connectivity index (χ2v) is 11.0. The zero-order valence-electron chi connectivity index (χ0n) is 24.1. The molecule has 43 heavy (non-hydrogen) atoms. The number of rotatable bonds is 6. The molecule has 10 nitrogen and oxygen atoms in total. The van der Waals surface area contributed by atoms with Crippen LogP contribution in [0.4, 0.5) is 42.0 Å². The Morgan fingerprint density at radius 1 is 0.953 bits per heavy atom. The van der Waals surface area contributed by atoms with Gasteiger partial charge >= 0.3 is 6.18 Å². The molecule has 0 atom stereocenters. The summed E-state index contributed by atoms with van der Waals surface area (Å²) in [5.41, 5.74) is 9.26. The van der Waals surface area contributed by atoms with Gasteiger partial charge in [-0.2, -0.15) is 18.2 Å². The van der Waals surface area contributed by atoms with Crippen LogP contribution in [0.25, 0.3) is 22.3 Å². The van der Waals surface area contributed by atoms with Gasteiger partial charge in [0.15, 0.2) is 0 Å². The van der Waals surface area contributed by atoms with E-state index >= 15 is 0 Å². The van der Waals surface area contributed by atoms with Crippen molar-refractivity contribution in [1.82, 2.24) is 24.8 Å². The fourth-order valence-electron chi connectivity index (χ4n) is 5.65. The first-order valence-electron chi connectivity index (χ1n) is 14.3. The van der Waals surface area contributed by atoms with E-state index in [2.05, 4.69) is 39.2 Å². The maximum absolute atomic E-state index is 13.3. The van der Waals surface area contributed by atoms with Crippen LogP contribution in [0.3, 0.4) is 0 Å². The van der Waals surface area contributed by atoms with Gasteiger partial charge in [0.05, 0.1) is 59.1 Å². The third kappa shape index (κ3) is 6.13. The molecule has 3 N–H and O–H groups in total. The Bertz CT molecular complexity index is 1580. The highest BCUT2D eigenvalue weighted by atomic mass is 19.4. The highest BCUT2D eigenvalue weighted by Gasteiger charge is 2.30. The predicted octanol–water partition coefficient (Wildman–Crippen LogP) is 4.80. The average Bonchev–Trinajstić information content (AvgIpc) is 3.01. The number of alkyl halides is 3. The van der Waals surface area contributed by atoms with Crippen molar-refractivity contribution in [2.45, 2.75) is 25.1 Å². The second kappa shape index (κ2) is 11.8. The third-order valence-electron chi connectivity index (χ3n) is 8.07. The Hall–Kier alpha value is -4.23. The summed E-state index contributed by atoms with van der Waals surface area (Å²) in [6.45, 7) is 4.10. The number of piperidine rings is 1. The van der Waals surface area contributed by atoms with E-state index < -0.39 is 11.7 Å². The fraction of sp³-hybridized carbons (Fsp3) is 0.400. The van der Waals surface area contributed by atoms with E-state index in [9.17, 15) is 13.2 Å². The summed E-state index contributed by atoms with van der Waals surface area (Å²) < 4.78 is 45.4. The SMILES string of the molecule is CN(C)C1CCN(c2ccc(-c3ncc4nc(Nc5cccc(C(F)(F)F)c5)nc(N5CCOCC5)c4c3N)nc2)CC1. The molecule has 0 bridgehead atoms. The average molecular weight is 594 g/mol. The van der Waals surface area contributed by atoms with Gasteiger partial charge in [-0.25, -0.2) is 4.98 Å². The molecule has 5 heterocycles. The Morgan fingerprint density at radius 2 is 1.72 bits per heavy atom. The third-order valence-corrected chi connectivity index (χ3v) is 8.07. The summed E-state index contributed by atoms with van der Waals surface area (Å²) in [6.07, 6.45) is 1.19. The van der Waals surface area contributed by atoms with E-state index in [1.54, 1.807) is 6.20 Å². The van der Waals surface area contributed by atoms with Crippen molar-refractivity contribution >= 4 is 39.7 Å². The number of nitrogens with two attached hydrogens (primary N) is 1. The molecule has 0 radical (unpaired) electrons. The summed E-state index contributed by atoms with van der Waals surface area (Å²) in [7, 11) is 4.25. The predicted molar refractivity (Wildman–Crippen MR) is 162 cm³/mol. The van der Waals surface area contributed by atoms with Crippen molar-refractivity contribution in [3.63, 3.8) is 0 Å². The van der Waals surface area contributed by atoms with Crippen LogP contribution in [-0.4, -0.2) is 84.4 Å². The van der Waals surface area contributed by atoms with E-state index in [4.69, 9.17) is 20.4 Å². The minimum absolute atomic E-state index is 0.141. The quantitative estimate of drug-likeness (QED) is 0.324. The lowest BCUT2D eigenvalue weighted by Crippen LogP contribution is -2.42. The number of nitrogens with zero attached hydrogens (tertiary/aromatic N) is 7. The van der Waals surface area contributed by atoms with Gasteiger partial charge in [-0.1, -0.05) is 6.07 Å². The number of ether oxygens (including phenoxy) is 1. The van der Waals surface area contributed by atoms with Gasteiger partial charge < -0.3 is 30.5 Å². The van der Waals surface area contributed by atoms with Gasteiger partial charge in [0.2, 0.25) is 5.95 Å². The van der Waals surface area contributed by atoms with Gasteiger partial charge in [0.1, 0.15) is 11.5 Å². The highest BCUT2D eigenvalue weighted by molar-refractivity contribution is 6.03. The number of nitrogens with one attached hydrogen (secondary N) is 1. The second-order valence-electron chi connectivity index (χ2n) is 11.0. The number of hydrogen-bond acceptors (Lipinski definition) is 10. The molecule has 226 valence electrons. The number of pyridine rings is 2. The molecule has 0 unspecified atom stereocenters. The number of aromatic nitrogens is 4. The molecular formula is C30H34F3N9O. The normalized spacial score (nSPS) is 16.7. The minimum Gasteiger partial charge on any atom is -0.396 e. The first-order valence-corrected chi connectivity index (χ1v) is 14.3. The molecule has 4 aromatic rings. The lowest BCUT2D eigenvalue weighted by molar-refractivity contribution is -0.137. The van der Waals surface area contributed by atoms with Crippen molar-refractivity contribution in [2.24, 2.45) is 0 Å². The Kier molecular flexibility index (Phi) is 7.93. The Labute approximate surface area is 247 Å². The Morgan fingerprint density at radius 3 is 2.40 bits per heavy atom. The molecule has 13 heteroatoms. The van der Waals surface area contributed by atoms with Crippen LogP contribution >= 0.6 is 0 Å². The van der Waals surface area contributed by atoms with Crippen LogP contribution in [0.15, 0.2) is 48.8 Å². The smallest absolute Gasteiger partial charge is 0.396 e. The van der Waals surface area contributed by atoms with Crippen molar-refractivity contribution < 1.29 is 17.9 Å². The monoisotopic (exact) mass is 593 g/mol. The number of hydrogen-bond donors (Lipinski definition) is 2. The van der Waals surface area contributed by atoms with E-state index in [1.165, 1.54) is 12.1 Å². The number of benzene rings is 1. The van der Waals surface area contributed by atoms with Crippen molar-refractivity contribution in [3.05, 3.63) is 54.4 Å². The number of morpholine rings is 1. The van der Waals surface area contributed by atoms with Crippen LogP contribution < -0.4 is 20.9 Å². The summed E-state index contributed by atoms with van der Waals surface area (Å²) in [6, 6.07) is 9.48. The molecule has 0 amide bonds. The van der Waals surface area contributed by atoms with Crippen LogP contribution in [0.2, 0.25) is 0 Å². The Balaban J connectivity index is 1.33. The molecule has 0 saturated carbocycles. The lowest BCUT2D eigenvalue weighted by atomic mass is 10.0. The van der Waals surface area contributed by atoms with Gasteiger partial charge in [-0.15, -0.1) is 0 Å². The molecule has 2 aliphatic heterocycles. The van der Waals surface area contributed by atoms with E-state index in [0.717, 1.165) is 43.8 Å². The molecule has 6 rings (SSSR count). The zero-order valence-corrected chi connectivity index (χ0v) is 24.1. The summed E-state index contributed by atoms with van der Waals surface area (Å²) in [5.74, 6) is 0.701. The number of halogens is 3. The summed E-state index contributed by atoms with van der Waals surface area (Å²) >= 11 is 0. The molecule has 0 aliphatic carbocycles. The number of nitrogen functional groups attached to an aromatic ring is 1. The highest BCUT2D eigenvalue weighted by Crippen LogP contribution is 2.37. The molecule has 2 aliphatic rings. The van der Waals surface area contributed by atoms with Gasteiger partial charge in [-0.3, -0.25) is 9.97 Å². The first-order chi connectivity index (χ1) is 20.7. The van der Waals surface area contributed by atoms with Crippen molar-refractivity contribution in [2.75, 3.05) is 74.3 Å². The summed E-state index contributed by atoms with van der Waals surface area (Å²) in [4.78, 5) is 25.3. The maximum atomic E-state index is 13.3. The van der Waals surface area contributed by atoms with E-state index in [0.29, 0.717) is 66.1 Å².